The molecule has 209 valence electrons. The van der Waals surface area contributed by atoms with E-state index in [0.717, 1.165) is 5.54 Å². The zero-order valence-corrected chi connectivity index (χ0v) is 31.0. The Morgan fingerprint density at radius 2 is 1.46 bits per heavy atom. The number of rotatable bonds is 3. The first-order chi connectivity index (χ1) is 18.1. The summed E-state index contributed by atoms with van der Waals surface area (Å²) in [7, 11) is -2.37. The van der Waals surface area contributed by atoms with Gasteiger partial charge in [0.25, 0.3) is 0 Å². The van der Waals surface area contributed by atoms with Crippen LogP contribution >= 0.6 is 0 Å². The van der Waals surface area contributed by atoms with Crippen molar-refractivity contribution in [1.82, 2.24) is 4.57 Å². The van der Waals surface area contributed by atoms with Crippen molar-refractivity contribution < 1.29 is 51.0 Å². The number of para-hydroxylation sites is 1. The van der Waals surface area contributed by atoms with Crippen molar-refractivity contribution in [2.24, 2.45) is 0 Å². The van der Waals surface area contributed by atoms with Crippen LogP contribution in [0.1, 0.15) is 29.3 Å². The van der Waals surface area contributed by atoms with Crippen LogP contribution in [0.15, 0.2) is 103 Å². The normalized spacial score (nSPS) is 15.9. The van der Waals surface area contributed by atoms with Crippen LogP contribution in [0.3, 0.4) is 0 Å². The van der Waals surface area contributed by atoms with Crippen molar-refractivity contribution in [3.8, 4) is 16.8 Å². The molecule has 1 aromatic heterocycles. The number of fused-ring (bicyclic) bond motifs is 1. The van der Waals surface area contributed by atoms with Crippen LogP contribution in [0.25, 0.3) is 32.8 Å². The summed E-state index contributed by atoms with van der Waals surface area (Å²) in [5.41, 5.74) is 10.8. The van der Waals surface area contributed by atoms with Gasteiger partial charge >= 0.3 is 26.2 Å². The molecule has 0 N–H and O–H groups in total. The Balaban J connectivity index is 0.000000211. The molecule has 0 saturated heterocycles. The van der Waals surface area contributed by atoms with Gasteiger partial charge in [-0.1, -0.05) is 105 Å². The Kier molecular flexibility index (Phi) is 10.2. The second-order valence-electron chi connectivity index (χ2n) is 12.7. The fourth-order valence-corrected chi connectivity index (χ4v) is 12.4. The minimum absolute atomic E-state index is 0. The average molecular weight is 691 g/mol. The zero-order valence-electron chi connectivity index (χ0n) is 25.0. The Bertz CT molecular complexity index is 1690. The molecule has 3 heterocycles. The monoisotopic (exact) mass is 688 g/mol. The number of benzene rings is 3. The summed E-state index contributed by atoms with van der Waals surface area (Å²) in [6.07, 6.45) is 2.24. The van der Waals surface area contributed by atoms with E-state index in [0.29, 0.717) is 0 Å². The molecule has 8 rings (SSSR count). The van der Waals surface area contributed by atoms with E-state index in [1.165, 1.54) is 44.0 Å². The molecule has 1 radical (unpaired) electrons. The van der Waals surface area contributed by atoms with Gasteiger partial charge in [0.2, 0.25) is 0 Å². The molecule has 4 aromatic carbocycles. The van der Waals surface area contributed by atoms with Crippen LogP contribution in [0, 0.1) is 6.92 Å². The molecule has 2 bridgehead atoms. The number of hydrogen-bond donors (Lipinski definition) is 0. The number of allylic oxidation sites excluding steroid dienone is 1. The maximum absolute atomic E-state index is 2.51. The number of hydrogen-bond acceptors (Lipinski definition) is 0. The molecule has 1 aliphatic carbocycles. The summed E-state index contributed by atoms with van der Waals surface area (Å²) in [5.74, 6) is 0. The fraction of sp³-hybridized carbons (Fsp3) is 0.229. The van der Waals surface area contributed by atoms with Crippen molar-refractivity contribution in [2.75, 3.05) is 0 Å². The number of nitrogens with zero attached hydrogens (tertiary/aromatic N) is 1. The van der Waals surface area contributed by atoms with Crippen LogP contribution < -0.4 is 30.0 Å². The quantitative estimate of drug-likeness (QED) is 0.203. The van der Waals surface area contributed by atoms with E-state index in [1.807, 2.05) is 0 Å². The van der Waals surface area contributed by atoms with Gasteiger partial charge in [0.15, 0.2) is 0 Å². The fourth-order valence-electron chi connectivity index (χ4n) is 6.91. The molecule has 0 spiro atoms. The molecule has 3 aliphatic rings. The van der Waals surface area contributed by atoms with Gasteiger partial charge in [0, 0.05) is 23.1 Å². The summed E-state index contributed by atoms with van der Waals surface area (Å²) in [6, 6.07) is 33.4. The van der Waals surface area contributed by atoms with E-state index < -0.39 is 16.1 Å². The molecule has 41 heavy (non-hydrogen) atoms. The van der Waals surface area contributed by atoms with Gasteiger partial charge in [-0.25, -0.2) is 0 Å². The first-order valence-electron chi connectivity index (χ1n) is 13.8. The Morgan fingerprint density at radius 3 is 2.07 bits per heavy atom. The average Bonchev–Trinajstić information content (AvgIpc) is 3.60. The van der Waals surface area contributed by atoms with E-state index in [-0.39, 0.29) is 51.0 Å². The van der Waals surface area contributed by atoms with Gasteiger partial charge in [0.1, 0.15) is 0 Å². The topological polar surface area (TPSA) is 4.93 Å². The van der Waals surface area contributed by atoms with E-state index in [1.54, 1.807) is 16.3 Å². The molecule has 6 heteroatoms. The molecule has 2 aliphatic heterocycles. The summed E-state index contributed by atoms with van der Waals surface area (Å²) in [4.78, 5) is 0. The minimum atomic E-state index is -1.21. The Morgan fingerprint density at radius 1 is 0.805 bits per heavy atom. The van der Waals surface area contributed by atoms with Gasteiger partial charge in [-0.2, -0.15) is 6.07 Å². The van der Waals surface area contributed by atoms with Crippen molar-refractivity contribution in [3.05, 3.63) is 120 Å². The largest absolute Gasteiger partial charge is 3.00 e. The summed E-state index contributed by atoms with van der Waals surface area (Å²) < 4.78 is 2.38. The third-order valence-corrected chi connectivity index (χ3v) is 14.8. The molecule has 0 fully saturated rings. The van der Waals surface area contributed by atoms with Crippen molar-refractivity contribution >= 4 is 37.3 Å². The second-order valence-corrected chi connectivity index (χ2v) is 22.3. The zero-order chi connectivity index (χ0) is 26.8. The van der Waals surface area contributed by atoms with Crippen molar-refractivity contribution in [3.63, 3.8) is 0 Å². The van der Waals surface area contributed by atoms with Crippen LogP contribution in [0.4, 0.5) is 0 Å². The molecular weight excluding hydrogens is 653 g/mol. The van der Waals surface area contributed by atoms with Crippen LogP contribution in [-0.4, -0.2) is 20.7 Å². The van der Waals surface area contributed by atoms with Crippen molar-refractivity contribution in [2.45, 2.75) is 52.1 Å². The van der Waals surface area contributed by atoms with Crippen LogP contribution in [0.5, 0.6) is 0 Å². The molecule has 1 atom stereocenters. The third-order valence-electron chi connectivity index (χ3n) is 8.65. The standard InChI is InChI=1S/C19H21Si.C16H17NSi.2ClH.Zr/c1-14-12-16-6-5-7-18(19(16)13-14)15-8-10-17(11-9-15)20(2,3)4;1-11-15-13-9-10-17(12-7-5-4-6-8-12)14(13)16(11)18(15,2)3;;;/h5-13H,1-4H3;4-10,15H,1-3H3;2*1H;/q-1;;;;+3/p-2. The van der Waals surface area contributed by atoms with Gasteiger partial charge < -0.3 is 29.4 Å². The van der Waals surface area contributed by atoms with E-state index >= 15 is 0 Å². The maximum atomic E-state index is 2.51. The van der Waals surface area contributed by atoms with Crippen molar-refractivity contribution in [1.29, 1.82) is 0 Å². The first-order valence-corrected chi connectivity index (χ1v) is 20.4. The third kappa shape index (κ3) is 5.76. The van der Waals surface area contributed by atoms with Gasteiger partial charge in [-0.15, -0.1) is 34.5 Å². The Hall–Kier alpha value is -1.81. The molecule has 0 saturated carbocycles. The van der Waals surface area contributed by atoms with Crippen LogP contribution in [-0.2, 0) is 26.2 Å². The van der Waals surface area contributed by atoms with Gasteiger partial charge in [0.05, 0.1) is 16.1 Å². The number of halogens is 2. The molecule has 5 aromatic rings. The smallest absolute Gasteiger partial charge is 1.00 e. The molecule has 0 amide bonds. The number of aryl methyl sites for hydroxylation is 1. The second kappa shape index (κ2) is 12.4. The van der Waals surface area contributed by atoms with Gasteiger partial charge in [-0.05, 0) is 41.4 Å². The molecule has 1 unspecified atom stereocenters. The minimum Gasteiger partial charge on any atom is -1.00 e. The maximum Gasteiger partial charge on any atom is 3.00 e. The first kappa shape index (κ1) is 33.7. The molecule has 1 nitrogen and oxygen atoms in total. The van der Waals surface area contributed by atoms with Gasteiger partial charge in [-0.3, -0.25) is 0 Å². The predicted octanol–water partition coefficient (Wildman–Crippen LogP) is 3.23. The summed E-state index contributed by atoms with van der Waals surface area (Å²) in [5, 5.41) is 5.93. The Labute approximate surface area is 279 Å². The summed E-state index contributed by atoms with van der Waals surface area (Å²) in [6.45, 7) is 16.7. The van der Waals surface area contributed by atoms with E-state index in [9.17, 15) is 0 Å². The molecular formula is C35H38Cl2NSi2Zr. The van der Waals surface area contributed by atoms with E-state index in [4.69, 9.17) is 0 Å². The van der Waals surface area contributed by atoms with E-state index in [2.05, 4.69) is 148 Å². The van der Waals surface area contributed by atoms with Crippen LogP contribution in [0.2, 0.25) is 32.7 Å². The SMILES string of the molecule is CC1=C2c3c(ccn3-c3ccccc3)C1[Si]2(C)C.Cc1cc2c(-c3ccc([Si](C)(C)C)cc3)cccc2[cH-]1.[Cl-].[Cl-].[Zr+3]. The number of aromatic nitrogens is 1. The predicted molar refractivity (Wildman–Crippen MR) is 171 cm³/mol. The summed E-state index contributed by atoms with van der Waals surface area (Å²) >= 11 is 0.